The Morgan fingerprint density at radius 1 is 1.05 bits per heavy atom. The number of carbonyl (C=O) groups is 2. The lowest BCUT2D eigenvalue weighted by molar-refractivity contribution is -0.123. The summed E-state index contributed by atoms with van der Waals surface area (Å²) >= 11 is 12.5. The zero-order valence-corrected chi connectivity index (χ0v) is 23.1. The minimum atomic E-state index is -0.523. The zero-order valence-electron chi connectivity index (χ0n) is 20.8. The highest BCUT2D eigenvalue weighted by Gasteiger charge is 2.34. The van der Waals surface area contributed by atoms with Gasteiger partial charge in [-0.3, -0.25) is 15.0 Å². The molecule has 4 rings (SSSR count). The number of amides is 2. The van der Waals surface area contributed by atoms with Gasteiger partial charge in [-0.1, -0.05) is 53.7 Å². The topological polar surface area (TPSA) is 67.9 Å². The highest BCUT2D eigenvalue weighted by molar-refractivity contribution is 8.26. The minimum absolute atomic E-state index is 0.215. The maximum Gasteiger partial charge on any atom is 0.285 e. The van der Waals surface area contributed by atoms with Crippen molar-refractivity contribution in [1.29, 1.82) is 0 Å². The molecule has 1 aliphatic rings. The van der Waals surface area contributed by atoms with Crippen LogP contribution in [-0.4, -0.2) is 28.3 Å². The molecule has 2 amide bonds. The standard InChI is InChI=1S/C28H25ClN2O4S2/c1-16-11-18(3)20(12-17(16)2)15-35-23-10-9-19(13-24(23)34-4)14-25-27(33)31(28(36)37-25)30-26(32)21-7-5-6-8-22(21)29/h5-14H,15H2,1-4H3,(H,30,32)/b25-14+. The highest BCUT2D eigenvalue weighted by atomic mass is 35.5. The number of hydrazine groups is 1. The first-order valence-electron chi connectivity index (χ1n) is 11.4. The van der Waals surface area contributed by atoms with E-state index in [1.807, 2.05) is 6.07 Å². The number of carbonyl (C=O) groups excluding carboxylic acids is 2. The molecule has 0 saturated carbocycles. The lowest BCUT2D eigenvalue weighted by atomic mass is 10.0. The maximum atomic E-state index is 13.0. The summed E-state index contributed by atoms with van der Waals surface area (Å²) in [6, 6.07) is 16.3. The van der Waals surface area contributed by atoms with Crippen molar-refractivity contribution in [3.05, 3.63) is 97.9 Å². The number of thioether (sulfide) groups is 1. The second-order valence-electron chi connectivity index (χ2n) is 8.50. The third-order valence-electron chi connectivity index (χ3n) is 5.95. The number of rotatable bonds is 7. The molecule has 1 aliphatic heterocycles. The molecule has 0 atom stereocenters. The lowest BCUT2D eigenvalue weighted by Crippen LogP contribution is -2.44. The first-order chi connectivity index (χ1) is 17.7. The number of benzene rings is 3. The van der Waals surface area contributed by atoms with Gasteiger partial charge < -0.3 is 9.47 Å². The van der Waals surface area contributed by atoms with E-state index < -0.39 is 11.8 Å². The summed E-state index contributed by atoms with van der Waals surface area (Å²) in [6.07, 6.45) is 1.70. The molecule has 1 saturated heterocycles. The molecular weight excluding hydrogens is 528 g/mol. The average Bonchev–Trinajstić information content (AvgIpc) is 3.13. The number of hydrogen-bond acceptors (Lipinski definition) is 6. The van der Waals surface area contributed by atoms with Gasteiger partial charge in [-0.15, -0.1) is 0 Å². The molecule has 0 aromatic heterocycles. The van der Waals surface area contributed by atoms with Crippen LogP contribution in [-0.2, 0) is 11.4 Å². The van der Waals surface area contributed by atoms with Crippen LogP contribution in [0.2, 0.25) is 5.02 Å². The van der Waals surface area contributed by atoms with Crippen molar-refractivity contribution >= 4 is 57.8 Å². The van der Waals surface area contributed by atoms with Crippen molar-refractivity contribution in [2.24, 2.45) is 0 Å². The van der Waals surface area contributed by atoms with E-state index in [1.54, 1.807) is 49.6 Å². The Morgan fingerprint density at radius 3 is 2.51 bits per heavy atom. The molecule has 3 aromatic carbocycles. The molecule has 0 spiro atoms. The van der Waals surface area contributed by atoms with Gasteiger partial charge in [0.1, 0.15) is 6.61 Å². The number of methoxy groups -OCH3 is 1. The monoisotopic (exact) mass is 552 g/mol. The van der Waals surface area contributed by atoms with Gasteiger partial charge in [0.2, 0.25) is 0 Å². The summed E-state index contributed by atoms with van der Waals surface area (Å²) in [6.45, 7) is 6.65. The minimum Gasteiger partial charge on any atom is -0.493 e. The number of aryl methyl sites for hydroxylation is 3. The quantitative estimate of drug-likeness (QED) is 0.270. The second-order valence-corrected chi connectivity index (χ2v) is 10.6. The third kappa shape index (κ3) is 5.98. The van der Waals surface area contributed by atoms with Gasteiger partial charge in [-0.05, 0) is 91.1 Å². The summed E-state index contributed by atoms with van der Waals surface area (Å²) in [4.78, 5) is 26.0. The molecule has 0 radical (unpaired) electrons. The van der Waals surface area contributed by atoms with Crippen LogP contribution in [0.25, 0.3) is 6.08 Å². The molecule has 1 heterocycles. The Labute approximate surface area is 230 Å². The number of thiocarbonyl (C=S) groups is 1. The number of halogens is 1. The first kappa shape index (κ1) is 26.7. The molecule has 1 fully saturated rings. The van der Waals surface area contributed by atoms with E-state index in [1.165, 1.54) is 16.7 Å². The van der Waals surface area contributed by atoms with Crippen molar-refractivity contribution < 1.29 is 19.1 Å². The molecule has 0 unspecified atom stereocenters. The number of nitrogens with zero attached hydrogens (tertiary/aromatic N) is 1. The summed E-state index contributed by atoms with van der Waals surface area (Å²) in [5, 5.41) is 1.33. The fourth-order valence-corrected chi connectivity index (χ4v) is 5.15. The fraction of sp³-hybridized carbons (Fsp3) is 0.179. The van der Waals surface area contributed by atoms with Crippen LogP contribution < -0.4 is 14.9 Å². The zero-order chi connectivity index (χ0) is 26.7. The van der Waals surface area contributed by atoms with Crippen LogP contribution in [0.5, 0.6) is 11.5 Å². The van der Waals surface area contributed by atoms with Gasteiger partial charge in [0.25, 0.3) is 11.8 Å². The lowest BCUT2D eigenvalue weighted by Gasteiger charge is -2.16. The van der Waals surface area contributed by atoms with E-state index in [0.717, 1.165) is 27.9 Å². The van der Waals surface area contributed by atoms with E-state index in [0.29, 0.717) is 23.0 Å². The largest absolute Gasteiger partial charge is 0.493 e. The molecule has 0 bridgehead atoms. The van der Waals surface area contributed by atoms with Gasteiger partial charge in [-0.25, -0.2) is 0 Å². The van der Waals surface area contributed by atoms with Crippen LogP contribution in [0.1, 0.15) is 38.2 Å². The predicted molar refractivity (Wildman–Crippen MR) is 152 cm³/mol. The Morgan fingerprint density at radius 2 is 1.78 bits per heavy atom. The Bertz CT molecular complexity index is 1440. The van der Waals surface area contributed by atoms with Crippen LogP contribution in [0.4, 0.5) is 0 Å². The molecule has 9 heteroatoms. The van der Waals surface area contributed by atoms with E-state index in [-0.39, 0.29) is 14.9 Å². The predicted octanol–water partition coefficient (Wildman–Crippen LogP) is 6.40. The van der Waals surface area contributed by atoms with Gasteiger partial charge in [0.05, 0.1) is 22.6 Å². The van der Waals surface area contributed by atoms with Crippen LogP contribution >= 0.6 is 35.6 Å². The summed E-state index contributed by atoms with van der Waals surface area (Å²) < 4.78 is 11.8. The van der Waals surface area contributed by atoms with Gasteiger partial charge in [-0.2, -0.15) is 5.01 Å². The molecule has 3 aromatic rings. The molecule has 1 N–H and O–H groups in total. The fourth-order valence-electron chi connectivity index (χ4n) is 3.75. The number of hydrogen-bond donors (Lipinski definition) is 1. The van der Waals surface area contributed by atoms with Gasteiger partial charge in [0.15, 0.2) is 15.8 Å². The number of ether oxygens (including phenoxy) is 2. The summed E-state index contributed by atoms with van der Waals surface area (Å²) in [7, 11) is 1.57. The van der Waals surface area contributed by atoms with E-state index in [2.05, 4.69) is 38.3 Å². The number of nitrogens with one attached hydrogen (secondary N) is 1. The van der Waals surface area contributed by atoms with E-state index in [4.69, 9.17) is 33.3 Å². The van der Waals surface area contributed by atoms with Crippen molar-refractivity contribution in [2.45, 2.75) is 27.4 Å². The second kappa shape index (κ2) is 11.4. The average molecular weight is 553 g/mol. The first-order valence-corrected chi connectivity index (χ1v) is 13.0. The SMILES string of the molecule is COc1cc(/C=C2/SC(=S)N(NC(=O)c3ccccc3Cl)C2=O)ccc1OCc1cc(C)c(C)cc1C. The maximum absolute atomic E-state index is 13.0. The molecule has 190 valence electrons. The highest BCUT2D eigenvalue weighted by Crippen LogP contribution is 2.34. The smallest absolute Gasteiger partial charge is 0.285 e. The van der Waals surface area contributed by atoms with E-state index >= 15 is 0 Å². The van der Waals surface area contributed by atoms with Crippen molar-refractivity contribution in [1.82, 2.24) is 10.4 Å². The third-order valence-corrected chi connectivity index (χ3v) is 7.58. The molecular formula is C28H25ClN2O4S2. The van der Waals surface area contributed by atoms with Crippen molar-refractivity contribution in [2.75, 3.05) is 7.11 Å². The normalized spacial score (nSPS) is 14.3. The van der Waals surface area contributed by atoms with Crippen LogP contribution in [0, 0.1) is 20.8 Å². The van der Waals surface area contributed by atoms with Crippen LogP contribution in [0.15, 0.2) is 59.5 Å². The molecule has 6 nitrogen and oxygen atoms in total. The Balaban J connectivity index is 1.48. The molecule has 0 aliphatic carbocycles. The molecule has 37 heavy (non-hydrogen) atoms. The van der Waals surface area contributed by atoms with Crippen molar-refractivity contribution in [3.8, 4) is 11.5 Å². The summed E-state index contributed by atoms with van der Waals surface area (Å²) in [5.74, 6) is 0.180. The van der Waals surface area contributed by atoms with Crippen LogP contribution in [0.3, 0.4) is 0 Å². The van der Waals surface area contributed by atoms with Gasteiger partial charge in [0, 0.05) is 0 Å². The van der Waals surface area contributed by atoms with Crippen molar-refractivity contribution in [3.63, 3.8) is 0 Å². The summed E-state index contributed by atoms with van der Waals surface area (Å²) in [5.41, 5.74) is 8.25. The van der Waals surface area contributed by atoms with Gasteiger partial charge >= 0.3 is 0 Å². The van der Waals surface area contributed by atoms with E-state index in [9.17, 15) is 9.59 Å². The Kier molecular flexibility index (Phi) is 8.22. The Hall–Kier alpha value is -3.33.